The predicted octanol–water partition coefficient (Wildman–Crippen LogP) is -1.76. The van der Waals surface area contributed by atoms with Crippen LogP contribution in [0.3, 0.4) is 0 Å². The molecule has 74 valence electrons. The van der Waals surface area contributed by atoms with Crippen LogP contribution >= 0.6 is 0 Å². The molecule has 14 heavy (non-hydrogen) atoms. The minimum Gasteiger partial charge on any atom is -0.304 e. The Morgan fingerprint density at radius 2 is 2.14 bits per heavy atom. The Kier molecular flexibility index (Phi) is 2.72. The number of carbonyl (C=O) groups is 1. The van der Waals surface area contributed by atoms with Gasteiger partial charge in [0.15, 0.2) is 7.85 Å². The SMILES string of the molecule is [B]C(=O)c1ncn(S(=O)(=O)N(C)C)n1. The van der Waals surface area contributed by atoms with Gasteiger partial charge in [-0.2, -0.15) is 12.7 Å². The minimum absolute atomic E-state index is 0.338. The van der Waals surface area contributed by atoms with E-state index in [9.17, 15) is 13.2 Å². The first-order chi connectivity index (χ1) is 6.35. The van der Waals surface area contributed by atoms with Crippen LogP contribution in [-0.2, 0) is 10.2 Å². The van der Waals surface area contributed by atoms with E-state index in [4.69, 9.17) is 7.85 Å². The third-order valence-corrected chi connectivity index (χ3v) is 2.96. The molecule has 0 N–H and O–H groups in total. The molecule has 0 aliphatic rings. The van der Waals surface area contributed by atoms with Crippen LogP contribution in [0.15, 0.2) is 6.33 Å². The highest BCUT2D eigenvalue weighted by Gasteiger charge is 2.18. The maximum Gasteiger partial charge on any atom is 0.323 e. The van der Waals surface area contributed by atoms with E-state index in [1.165, 1.54) is 14.1 Å². The molecule has 0 spiro atoms. The molecule has 1 rings (SSSR count). The highest BCUT2D eigenvalue weighted by atomic mass is 32.2. The Bertz CT molecular complexity index is 451. The predicted molar refractivity (Wildman–Crippen MR) is 48.1 cm³/mol. The van der Waals surface area contributed by atoms with Gasteiger partial charge in [-0.3, -0.25) is 0 Å². The maximum atomic E-state index is 11.4. The standard InChI is InChI=1S/C5H7BN4O3S/c1-9(2)14(12,13)10-3-7-5(8-10)4(6)11/h3H,1-2H3. The zero-order valence-electron chi connectivity index (χ0n) is 7.58. The second kappa shape index (κ2) is 3.50. The van der Waals surface area contributed by atoms with Gasteiger partial charge in [0.2, 0.25) is 5.82 Å². The molecular formula is C5H7BN4O3S. The van der Waals surface area contributed by atoms with E-state index in [1.54, 1.807) is 0 Å². The third-order valence-electron chi connectivity index (χ3n) is 1.39. The molecule has 1 aromatic heterocycles. The average Bonchev–Trinajstić information content (AvgIpc) is 2.51. The van der Waals surface area contributed by atoms with Gasteiger partial charge >= 0.3 is 10.2 Å². The molecule has 0 saturated heterocycles. The van der Waals surface area contributed by atoms with Crippen LogP contribution < -0.4 is 0 Å². The molecule has 0 fully saturated rings. The van der Waals surface area contributed by atoms with Crippen molar-refractivity contribution >= 4 is 23.7 Å². The number of hydrogen-bond acceptors (Lipinski definition) is 5. The smallest absolute Gasteiger partial charge is 0.304 e. The van der Waals surface area contributed by atoms with E-state index in [1.807, 2.05) is 0 Å². The van der Waals surface area contributed by atoms with Gasteiger partial charge in [0.25, 0.3) is 0 Å². The first-order valence-electron chi connectivity index (χ1n) is 3.50. The molecule has 1 heterocycles. The summed E-state index contributed by atoms with van der Waals surface area (Å²) in [6, 6.07) is 0. The summed E-state index contributed by atoms with van der Waals surface area (Å²) < 4.78 is 24.3. The second-order valence-electron chi connectivity index (χ2n) is 2.60. The Hall–Kier alpha value is -1.22. The monoisotopic (exact) mass is 214 g/mol. The first-order valence-corrected chi connectivity index (χ1v) is 4.90. The number of nitrogens with zero attached hydrogens (tertiary/aromatic N) is 4. The Labute approximate surface area is 82.3 Å². The summed E-state index contributed by atoms with van der Waals surface area (Å²) in [7, 11) is 3.81. The molecule has 0 unspecified atom stereocenters. The van der Waals surface area contributed by atoms with Crippen molar-refractivity contribution in [2.75, 3.05) is 14.1 Å². The fourth-order valence-corrected chi connectivity index (χ4v) is 1.32. The minimum atomic E-state index is -3.72. The molecule has 0 amide bonds. The van der Waals surface area contributed by atoms with Crippen LogP contribution in [0.2, 0.25) is 0 Å². The second-order valence-corrected chi connectivity index (χ2v) is 4.60. The summed E-state index contributed by atoms with van der Waals surface area (Å²) >= 11 is 0. The van der Waals surface area contributed by atoms with Crippen LogP contribution in [0.25, 0.3) is 0 Å². The lowest BCUT2D eigenvalue weighted by Crippen LogP contribution is -2.29. The van der Waals surface area contributed by atoms with Crippen LogP contribution in [0.4, 0.5) is 0 Å². The fourth-order valence-electron chi connectivity index (χ4n) is 0.640. The van der Waals surface area contributed by atoms with Crippen molar-refractivity contribution in [1.29, 1.82) is 0 Å². The molecule has 9 heteroatoms. The third kappa shape index (κ3) is 1.83. The molecule has 1 aromatic rings. The number of carbonyl (C=O) groups excluding carboxylic acids is 1. The molecule has 0 aliphatic heterocycles. The van der Waals surface area contributed by atoms with Gasteiger partial charge in [-0.25, -0.2) is 4.98 Å². The lowest BCUT2D eigenvalue weighted by molar-refractivity contribution is 0.107. The van der Waals surface area contributed by atoms with Crippen molar-refractivity contribution in [2.45, 2.75) is 0 Å². The Morgan fingerprint density at radius 1 is 1.57 bits per heavy atom. The summed E-state index contributed by atoms with van der Waals surface area (Å²) in [5, 5.41) is 3.40. The van der Waals surface area contributed by atoms with Crippen molar-refractivity contribution in [2.24, 2.45) is 0 Å². The van der Waals surface area contributed by atoms with Gasteiger partial charge in [0.05, 0.1) is 0 Å². The molecule has 0 atom stereocenters. The Morgan fingerprint density at radius 3 is 2.50 bits per heavy atom. The highest BCUT2D eigenvalue weighted by Crippen LogP contribution is 1.98. The summed E-state index contributed by atoms with van der Waals surface area (Å²) in [4.78, 5) is 14.0. The molecule has 0 aromatic carbocycles. The molecule has 0 bridgehead atoms. The van der Waals surface area contributed by atoms with Crippen molar-refractivity contribution < 1.29 is 13.2 Å². The van der Waals surface area contributed by atoms with E-state index in [2.05, 4.69) is 10.1 Å². The summed E-state index contributed by atoms with van der Waals surface area (Å²) in [6.07, 6.45) is 0.912. The average molecular weight is 214 g/mol. The topological polar surface area (TPSA) is 85.2 Å². The van der Waals surface area contributed by atoms with E-state index < -0.39 is 15.9 Å². The van der Waals surface area contributed by atoms with Crippen molar-refractivity contribution in [3.63, 3.8) is 0 Å². The van der Waals surface area contributed by atoms with E-state index in [0.717, 1.165) is 10.6 Å². The highest BCUT2D eigenvalue weighted by molar-refractivity contribution is 7.87. The first kappa shape index (κ1) is 10.9. The lowest BCUT2D eigenvalue weighted by atomic mass is 10.0. The summed E-state index contributed by atoms with van der Waals surface area (Å²) in [5.41, 5.74) is -0.877. The summed E-state index contributed by atoms with van der Waals surface area (Å²) in [6.45, 7) is 0. The number of hydrogen-bond donors (Lipinski definition) is 0. The van der Waals surface area contributed by atoms with Gasteiger partial charge in [0.1, 0.15) is 12.0 Å². The van der Waals surface area contributed by atoms with Gasteiger partial charge < -0.3 is 4.79 Å². The largest absolute Gasteiger partial charge is 0.323 e. The normalized spacial score (nSPS) is 11.9. The number of rotatable bonds is 3. The number of aromatic nitrogens is 3. The molecule has 2 radical (unpaired) electrons. The van der Waals surface area contributed by atoms with Crippen LogP contribution in [-0.4, -0.2) is 54.5 Å². The van der Waals surface area contributed by atoms with Gasteiger partial charge in [-0.1, -0.05) is 0 Å². The van der Waals surface area contributed by atoms with E-state index in [0.29, 0.717) is 4.09 Å². The maximum absolute atomic E-state index is 11.4. The lowest BCUT2D eigenvalue weighted by Gasteiger charge is -2.09. The molecule has 0 saturated carbocycles. The van der Waals surface area contributed by atoms with Crippen molar-refractivity contribution in [1.82, 2.24) is 18.5 Å². The Balaban J connectivity index is 3.16. The van der Waals surface area contributed by atoms with Crippen molar-refractivity contribution in [3.8, 4) is 0 Å². The van der Waals surface area contributed by atoms with Gasteiger partial charge in [-0.05, 0) is 0 Å². The summed E-state index contributed by atoms with van der Waals surface area (Å²) in [5.74, 6) is -0.338. The molecule has 0 aliphatic carbocycles. The fraction of sp³-hybridized carbons (Fsp3) is 0.400. The van der Waals surface area contributed by atoms with Crippen molar-refractivity contribution in [3.05, 3.63) is 12.2 Å². The van der Waals surface area contributed by atoms with E-state index in [-0.39, 0.29) is 5.82 Å². The molecular weight excluding hydrogens is 207 g/mol. The zero-order valence-corrected chi connectivity index (χ0v) is 8.39. The van der Waals surface area contributed by atoms with Crippen LogP contribution in [0.5, 0.6) is 0 Å². The van der Waals surface area contributed by atoms with Gasteiger partial charge in [0, 0.05) is 14.1 Å². The van der Waals surface area contributed by atoms with Gasteiger partial charge in [-0.15, -0.1) is 9.19 Å². The van der Waals surface area contributed by atoms with Crippen LogP contribution in [0, 0.1) is 0 Å². The van der Waals surface area contributed by atoms with E-state index >= 15 is 0 Å². The van der Waals surface area contributed by atoms with Crippen LogP contribution in [0.1, 0.15) is 10.6 Å². The zero-order chi connectivity index (χ0) is 10.9. The quantitative estimate of drug-likeness (QED) is 0.556. The molecule has 7 nitrogen and oxygen atoms in total.